The summed E-state index contributed by atoms with van der Waals surface area (Å²) in [5, 5.41) is 2.83. The normalized spacial score (nSPS) is 13.9. The third kappa shape index (κ3) is 5.24. The van der Waals surface area contributed by atoms with Crippen LogP contribution in [0.1, 0.15) is 39.0 Å². The molecule has 0 saturated carbocycles. The highest BCUT2D eigenvalue weighted by Crippen LogP contribution is 2.12. The summed E-state index contributed by atoms with van der Waals surface area (Å²) in [5.74, 6) is 1.03. The van der Waals surface area contributed by atoms with Gasteiger partial charge in [0.25, 0.3) is 0 Å². The van der Waals surface area contributed by atoms with E-state index in [4.69, 9.17) is 10.2 Å². The molecule has 98 valence electrons. The number of halogens is 1. The summed E-state index contributed by atoms with van der Waals surface area (Å²) in [7, 11) is 0. The van der Waals surface area contributed by atoms with Crippen LogP contribution in [-0.4, -0.2) is 11.9 Å². The van der Waals surface area contributed by atoms with Gasteiger partial charge >= 0.3 is 0 Å². The van der Waals surface area contributed by atoms with E-state index in [2.05, 4.69) is 5.32 Å². The van der Waals surface area contributed by atoms with Gasteiger partial charge in [0.2, 0.25) is 5.91 Å². The molecule has 0 aliphatic rings. The number of carbonyl (C=O) groups excluding carboxylic acids is 1. The molecule has 1 rings (SSSR count). The number of hydrogen-bond donors (Lipinski definition) is 2. The highest BCUT2D eigenvalue weighted by molar-refractivity contribution is 5.85. The molecule has 4 nitrogen and oxygen atoms in total. The fraction of sp³-hybridized carbons (Fsp3) is 0.583. The van der Waals surface area contributed by atoms with Crippen LogP contribution in [-0.2, 0) is 4.79 Å². The Morgan fingerprint density at radius 2 is 2.12 bits per heavy atom. The second kappa shape index (κ2) is 7.35. The van der Waals surface area contributed by atoms with E-state index in [1.807, 2.05) is 26.8 Å². The molecule has 3 N–H and O–H groups in total. The van der Waals surface area contributed by atoms with Gasteiger partial charge in [-0.25, -0.2) is 0 Å². The zero-order valence-electron chi connectivity index (χ0n) is 10.5. The Balaban J connectivity index is 0.00000256. The monoisotopic (exact) mass is 260 g/mol. The summed E-state index contributed by atoms with van der Waals surface area (Å²) in [6, 6.07) is 3.04. The number of nitrogens with one attached hydrogen (secondary N) is 1. The van der Waals surface area contributed by atoms with Crippen LogP contribution >= 0.6 is 12.4 Å². The molecule has 2 unspecified atom stereocenters. The average Bonchev–Trinajstić information content (AvgIpc) is 2.68. The number of amides is 1. The molecule has 0 saturated heterocycles. The van der Waals surface area contributed by atoms with E-state index in [0.29, 0.717) is 12.3 Å². The number of furan rings is 1. The van der Waals surface area contributed by atoms with Gasteiger partial charge in [0.05, 0.1) is 18.3 Å². The fourth-order valence-electron chi connectivity index (χ4n) is 1.54. The first-order chi connectivity index (χ1) is 7.50. The van der Waals surface area contributed by atoms with Crippen LogP contribution in [0.15, 0.2) is 22.8 Å². The third-order valence-corrected chi connectivity index (χ3v) is 2.39. The molecule has 17 heavy (non-hydrogen) atoms. The van der Waals surface area contributed by atoms with Crippen molar-refractivity contribution in [1.82, 2.24) is 5.32 Å². The van der Waals surface area contributed by atoms with E-state index in [9.17, 15) is 4.79 Å². The summed E-state index contributed by atoms with van der Waals surface area (Å²) in [6.45, 7) is 5.96. The van der Waals surface area contributed by atoms with Crippen molar-refractivity contribution in [2.24, 2.45) is 11.7 Å². The van der Waals surface area contributed by atoms with E-state index in [1.54, 1.807) is 12.3 Å². The summed E-state index contributed by atoms with van der Waals surface area (Å²) in [4.78, 5) is 11.7. The Kier molecular flexibility index (Phi) is 6.92. The molecule has 0 aromatic carbocycles. The first kappa shape index (κ1) is 16.0. The second-order valence-electron chi connectivity index (χ2n) is 4.48. The van der Waals surface area contributed by atoms with Crippen molar-refractivity contribution in [2.45, 2.75) is 39.3 Å². The van der Waals surface area contributed by atoms with Crippen molar-refractivity contribution >= 4 is 18.3 Å². The molecule has 0 radical (unpaired) electrons. The Labute approximate surface area is 108 Å². The van der Waals surface area contributed by atoms with Gasteiger partial charge in [0.15, 0.2) is 0 Å². The maximum Gasteiger partial charge on any atom is 0.237 e. The van der Waals surface area contributed by atoms with E-state index in [0.717, 1.165) is 5.76 Å². The summed E-state index contributed by atoms with van der Waals surface area (Å²) in [5.41, 5.74) is 5.78. The summed E-state index contributed by atoms with van der Waals surface area (Å²) >= 11 is 0. The SMILES string of the molecule is CC(C)CC(N)C(=O)NC(C)c1ccco1.Cl. The van der Waals surface area contributed by atoms with Gasteiger partial charge < -0.3 is 15.5 Å². The minimum absolute atomic E-state index is 0. The predicted molar refractivity (Wildman–Crippen MR) is 69.9 cm³/mol. The average molecular weight is 261 g/mol. The van der Waals surface area contributed by atoms with Gasteiger partial charge in [-0.2, -0.15) is 0 Å². The van der Waals surface area contributed by atoms with Crippen molar-refractivity contribution in [3.05, 3.63) is 24.2 Å². The van der Waals surface area contributed by atoms with Crippen molar-refractivity contribution in [2.75, 3.05) is 0 Å². The predicted octanol–water partition coefficient (Wildman–Crippen LogP) is 2.25. The molecule has 0 spiro atoms. The molecule has 1 heterocycles. The molecular formula is C12H21ClN2O2. The zero-order valence-corrected chi connectivity index (χ0v) is 11.3. The molecule has 1 aromatic heterocycles. The Morgan fingerprint density at radius 1 is 1.47 bits per heavy atom. The van der Waals surface area contributed by atoms with Crippen LogP contribution < -0.4 is 11.1 Å². The van der Waals surface area contributed by atoms with Crippen molar-refractivity contribution < 1.29 is 9.21 Å². The molecule has 0 fully saturated rings. The lowest BCUT2D eigenvalue weighted by atomic mass is 10.0. The molecule has 1 aromatic rings. The lowest BCUT2D eigenvalue weighted by Crippen LogP contribution is -2.42. The maximum atomic E-state index is 11.7. The lowest BCUT2D eigenvalue weighted by molar-refractivity contribution is -0.123. The number of hydrogen-bond acceptors (Lipinski definition) is 3. The van der Waals surface area contributed by atoms with Crippen LogP contribution in [0.2, 0.25) is 0 Å². The quantitative estimate of drug-likeness (QED) is 0.853. The molecule has 2 atom stereocenters. The Hall–Kier alpha value is -1.00. The van der Waals surface area contributed by atoms with Gasteiger partial charge in [0.1, 0.15) is 5.76 Å². The minimum Gasteiger partial charge on any atom is -0.467 e. The molecule has 0 aliphatic carbocycles. The second-order valence-corrected chi connectivity index (χ2v) is 4.48. The van der Waals surface area contributed by atoms with Crippen molar-refractivity contribution in [3.8, 4) is 0 Å². The highest BCUT2D eigenvalue weighted by atomic mass is 35.5. The van der Waals surface area contributed by atoms with Gasteiger partial charge in [-0.05, 0) is 31.4 Å². The standard InChI is InChI=1S/C12H20N2O2.ClH/c1-8(2)7-10(13)12(15)14-9(3)11-5-4-6-16-11;/h4-6,8-10H,7,13H2,1-3H3,(H,14,15);1H. The van der Waals surface area contributed by atoms with E-state index in [-0.39, 0.29) is 24.4 Å². The smallest absolute Gasteiger partial charge is 0.237 e. The zero-order chi connectivity index (χ0) is 12.1. The fourth-order valence-corrected chi connectivity index (χ4v) is 1.54. The molecule has 5 heteroatoms. The van der Waals surface area contributed by atoms with Gasteiger partial charge in [-0.1, -0.05) is 13.8 Å². The number of nitrogens with two attached hydrogens (primary N) is 1. The van der Waals surface area contributed by atoms with Crippen LogP contribution in [0.25, 0.3) is 0 Å². The maximum absolute atomic E-state index is 11.7. The first-order valence-electron chi connectivity index (χ1n) is 5.60. The first-order valence-corrected chi connectivity index (χ1v) is 5.60. The van der Waals surface area contributed by atoms with E-state index >= 15 is 0 Å². The van der Waals surface area contributed by atoms with Gasteiger partial charge in [0, 0.05) is 0 Å². The third-order valence-electron chi connectivity index (χ3n) is 2.39. The molecular weight excluding hydrogens is 240 g/mol. The van der Waals surface area contributed by atoms with E-state index in [1.165, 1.54) is 0 Å². The summed E-state index contributed by atoms with van der Waals surface area (Å²) < 4.78 is 5.20. The lowest BCUT2D eigenvalue weighted by Gasteiger charge is -2.17. The van der Waals surface area contributed by atoms with E-state index < -0.39 is 6.04 Å². The van der Waals surface area contributed by atoms with Crippen LogP contribution in [0, 0.1) is 5.92 Å². The number of carbonyl (C=O) groups is 1. The Morgan fingerprint density at radius 3 is 2.59 bits per heavy atom. The minimum atomic E-state index is -0.447. The van der Waals surface area contributed by atoms with Crippen LogP contribution in [0.3, 0.4) is 0 Å². The van der Waals surface area contributed by atoms with Gasteiger partial charge in [-0.3, -0.25) is 4.79 Å². The molecule has 0 aliphatic heterocycles. The van der Waals surface area contributed by atoms with Gasteiger partial charge in [-0.15, -0.1) is 12.4 Å². The number of rotatable bonds is 5. The summed E-state index contributed by atoms with van der Waals surface area (Å²) in [6.07, 6.45) is 2.28. The molecule has 1 amide bonds. The highest BCUT2D eigenvalue weighted by Gasteiger charge is 2.18. The molecule has 0 bridgehead atoms. The topological polar surface area (TPSA) is 68.3 Å². The van der Waals surface area contributed by atoms with Crippen LogP contribution in [0.4, 0.5) is 0 Å². The van der Waals surface area contributed by atoms with Crippen molar-refractivity contribution in [3.63, 3.8) is 0 Å². The Bertz CT molecular complexity index is 325. The van der Waals surface area contributed by atoms with Crippen molar-refractivity contribution in [1.29, 1.82) is 0 Å². The largest absolute Gasteiger partial charge is 0.467 e. The van der Waals surface area contributed by atoms with Crippen LogP contribution in [0.5, 0.6) is 0 Å².